The highest BCUT2D eigenvalue weighted by atomic mass is 16.5. The van der Waals surface area contributed by atoms with Crippen molar-refractivity contribution in [3.05, 3.63) is 28.7 Å². The molecule has 0 aliphatic carbocycles. The number of rotatable bonds is 5. The summed E-state index contributed by atoms with van der Waals surface area (Å²) < 4.78 is 6.90. The van der Waals surface area contributed by atoms with Gasteiger partial charge in [-0.2, -0.15) is 0 Å². The first-order valence-corrected chi connectivity index (χ1v) is 5.62. The second-order valence-electron chi connectivity index (χ2n) is 4.87. The second-order valence-corrected chi connectivity index (χ2v) is 4.87. The Labute approximate surface area is 105 Å². The Hall–Kier alpha value is -2.01. The van der Waals surface area contributed by atoms with Gasteiger partial charge in [-0.1, -0.05) is 5.11 Å². The van der Waals surface area contributed by atoms with Gasteiger partial charge in [-0.15, -0.1) is 0 Å². The number of ether oxygens (including phenoxy) is 1. The van der Waals surface area contributed by atoms with Crippen molar-refractivity contribution in [1.29, 1.82) is 0 Å². The van der Waals surface area contributed by atoms with E-state index in [0.717, 1.165) is 5.69 Å². The van der Waals surface area contributed by atoms with Crippen LogP contribution in [0.15, 0.2) is 17.6 Å². The Kier molecular flexibility index (Phi) is 4.74. The van der Waals surface area contributed by atoms with Crippen LogP contribution < -0.4 is 0 Å². The molecule has 18 heavy (non-hydrogen) atoms. The number of hydrogen-bond acceptors (Lipinski definition) is 4. The van der Waals surface area contributed by atoms with Gasteiger partial charge in [-0.05, 0) is 32.7 Å². The van der Waals surface area contributed by atoms with Gasteiger partial charge in [-0.25, -0.2) is 4.98 Å². The van der Waals surface area contributed by atoms with E-state index >= 15 is 0 Å². The number of hydrogen-bond donors (Lipinski definition) is 0. The van der Waals surface area contributed by atoms with Crippen LogP contribution in [0.1, 0.15) is 26.5 Å². The van der Waals surface area contributed by atoms with Crippen molar-refractivity contribution < 1.29 is 9.53 Å². The van der Waals surface area contributed by atoms with Crippen LogP contribution in [0.3, 0.4) is 0 Å². The quantitative estimate of drug-likeness (QED) is 0.348. The first kappa shape index (κ1) is 14.1. The summed E-state index contributed by atoms with van der Waals surface area (Å²) in [5.74, 6) is -0.266. The molecule has 0 radical (unpaired) electrons. The van der Waals surface area contributed by atoms with Gasteiger partial charge in [-0.3, -0.25) is 4.79 Å². The number of carbonyl (C=O) groups is 1. The number of carbonyl (C=O) groups excluding carboxylic acids is 1. The van der Waals surface area contributed by atoms with E-state index in [9.17, 15) is 4.79 Å². The van der Waals surface area contributed by atoms with E-state index in [0.29, 0.717) is 13.0 Å². The van der Waals surface area contributed by atoms with Crippen LogP contribution in [0.4, 0.5) is 0 Å². The van der Waals surface area contributed by atoms with Crippen LogP contribution in [0.25, 0.3) is 10.4 Å². The lowest BCUT2D eigenvalue weighted by atomic mass is 9.98. The fraction of sp³-hybridized carbons (Fsp3) is 0.636. The Bertz CT molecular complexity index is 454. The molecule has 0 N–H and O–H groups in total. The average Bonchev–Trinajstić information content (AvgIpc) is 2.72. The molecular weight excluding hydrogens is 234 g/mol. The van der Waals surface area contributed by atoms with Gasteiger partial charge in [0.25, 0.3) is 0 Å². The number of aromatic nitrogens is 2. The minimum absolute atomic E-state index is 0.127. The third-order valence-corrected chi connectivity index (χ3v) is 2.28. The van der Waals surface area contributed by atoms with Crippen molar-refractivity contribution in [2.24, 2.45) is 10.5 Å². The van der Waals surface area contributed by atoms with Crippen LogP contribution in [0, 0.1) is 5.41 Å². The minimum Gasteiger partial charge on any atom is -0.443 e. The third-order valence-electron chi connectivity index (χ3n) is 2.28. The highest BCUT2D eigenvalue weighted by Gasteiger charge is 2.23. The molecule has 7 heteroatoms. The molecule has 0 bridgehead atoms. The molecule has 0 saturated heterocycles. The standard InChI is InChI=1S/C11H17N5O2/c1-11(2,3)10(17)18-8-16-7-13-6-9(16)4-5-14-15-12/h6-7H,4-5,8H2,1-3H3. The third kappa shape index (κ3) is 4.10. The average molecular weight is 251 g/mol. The number of esters is 1. The molecular formula is C11H17N5O2. The summed E-state index contributed by atoms with van der Waals surface area (Å²) in [4.78, 5) is 18.3. The smallest absolute Gasteiger partial charge is 0.312 e. The first-order chi connectivity index (χ1) is 8.45. The van der Waals surface area contributed by atoms with Crippen molar-refractivity contribution in [2.75, 3.05) is 6.54 Å². The van der Waals surface area contributed by atoms with E-state index in [1.54, 1.807) is 37.9 Å². The van der Waals surface area contributed by atoms with E-state index in [2.05, 4.69) is 15.0 Å². The fourth-order valence-corrected chi connectivity index (χ4v) is 1.23. The molecule has 1 aromatic heterocycles. The Morgan fingerprint density at radius 3 is 2.94 bits per heavy atom. The van der Waals surface area contributed by atoms with E-state index in [1.807, 2.05) is 0 Å². The maximum Gasteiger partial charge on any atom is 0.312 e. The van der Waals surface area contributed by atoms with E-state index in [1.165, 1.54) is 0 Å². The number of imidazole rings is 1. The molecule has 0 atom stereocenters. The maximum absolute atomic E-state index is 11.6. The summed E-state index contributed by atoms with van der Waals surface area (Å²) in [6.07, 6.45) is 3.82. The van der Waals surface area contributed by atoms with Gasteiger partial charge in [0.05, 0.1) is 11.7 Å². The number of nitrogens with zero attached hydrogens (tertiary/aromatic N) is 5. The lowest BCUT2D eigenvalue weighted by Crippen LogP contribution is -2.24. The fourth-order valence-electron chi connectivity index (χ4n) is 1.23. The van der Waals surface area contributed by atoms with Crippen LogP contribution in [0.2, 0.25) is 0 Å². The zero-order valence-corrected chi connectivity index (χ0v) is 10.8. The molecule has 1 heterocycles. The maximum atomic E-state index is 11.6. The van der Waals surface area contributed by atoms with Gasteiger partial charge in [0.15, 0.2) is 6.73 Å². The predicted octanol–water partition coefficient (Wildman–Crippen LogP) is 2.28. The zero-order chi connectivity index (χ0) is 13.6. The van der Waals surface area contributed by atoms with Gasteiger partial charge in [0.1, 0.15) is 0 Å². The van der Waals surface area contributed by atoms with E-state index < -0.39 is 5.41 Å². The van der Waals surface area contributed by atoms with E-state index in [-0.39, 0.29) is 12.7 Å². The summed E-state index contributed by atoms with van der Waals surface area (Å²) in [7, 11) is 0. The van der Waals surface area contributed by atoms with E-state index in [4.69, 9.17) is 10.3 Å². The first-order valence-electron chi connectivity index (χ1n) is 5.62. The predicted molar refractivity (Wildman–Crippen MR) is 65.5 cm³/mol. The monoisotopic (exact) mass is 251 g/mol. The Morgan fingerprint density at radius 2 is 2.33 bits per heavy atom. The lowest BCUT2D eigenvalue weighted by molar-refractivity contribution is -0.157. The molecule has 0 fully saturated rings. The van der Waals surface area contributed by atoms with Crippen molar-refractivity contribution >= 4 is 5.97 Å². The number of azide groups is 1. The van der Waals surface area contributed by atoms with Crippen LogP contribution in [0.5, 0.6) is 0 Å². The van der Waals surface area contributed by atoms with Crippen molar-refractivity contribution in [3.63, 3.8) is 0 Å². The van der Waals surface area contributed by atoms with Crippen molar-refractivity contribution in [1.82, 2.24) is 9.55 Å². The molecule has 0 aromatic carbocycles. The molecule has 7 nitrogen and oxygen atoms in total. The van der Waals surface area contributed by atoms with Gasteiger partial charge in [0, 0.05) is 23.3 Å². The van der Waals surface area contributed by atoms with Gasteiger partial charge >= 0.3 is 5.97 Å². The molecule has 98 valence electrons. The lowest BCUT2D eigenvalue weighted by Gasteiger charge is -2.17. The molecule has 0 amide bonds. The van der Waals surface area contributed by atoms with Crippen LogP contribution in [-0.2, 0) is 22.7 Å². The Balaban J connectivity index is 2.55. The summed E-state index contributed by atoms with van der Waals surface area (Å²) in [5.41, 5.74) is 8.54. The molecule has 0 unspecified atom stereocenters. The zero-order valence-electron chi connectivity index (χ0n) is 10.8. The highest BCUT2D eigenvalue weighted by molar-refractivity contribution is 5.75. The SMILES string of the molecule is CC(C)(C)C(=O)OCn1cncc1CCN=[N+]=[N-]. The highest BCUT2D eigenvalue weighted by Crippen LogP contribution is 2.15. The van der Waals surface area contributed by atoms with Gasteiger partial charge < -0.3 is 9.30 Å². The van der Waals surface area contributed by atoms with Crippen molar-refractivity contribution in [3.8, 4) is 0 Å². The van der Waals surface area contributed by atoms with Crippen molar-refractivity contribution in [2.45, 2.75) is 33.9 Å². The summed E-state index contributed by atoms with van der Waals surface area (Å²) in [6.45, 7) is 5.88. The van der Waals surface area contributed by atoms with Crippen LogP contribution >= 0.6 is 0 Å². The molecule has 0 aliphatic rings. The molecule has 1 aromatic rings. The molecule has 1 rings (SSSR count). The molecule has 0 aliphatic heterocycles. The Morgan fingerprint density at radius 1 is 1.61 bits per heavy atom. The second kappa shape index (κ2) is 6.07. The summed E-state index contributed by atoms with van der Waals surface area (Å²) in [6, 6.07) is 0. The largest absolute Gasteiger partial charge is 0.443 e. The summed E-state index contributed by atoms with van der Waals surface area (Å²) >= 11 is 0. The normalized spacial score (nSPS) is 10.8. The van der Waals surface area contributed by atoms with Gasteiger partial charge in [0.2, 0.25) is 0 Å². The molecule has 0 saturated carbocycles. The van der Waals surface area contributed by atoms with Crippen LogP contribution in [-0.4, -0.2) is 22.1 Å². The summed E-state index contributed by atoms with van der Waals surface area (Å²) in [5, 5.41) is 3.45. The molecule has 0 spiro atoms. The minimum atomic E-state index is -0.522. The topological polar surface area (TPSA) is 92.9 Å².